The Morgan fingerprint density at radius 1 is 1.15 bits per heavy atom. The van der Waals surface area contributed by atoms with Crippen molar-refractivity contribution in [3.63, 3.8) is 0 Å². The minimum atomic E-state index is -0.927. The molecule has 1 aliphatic rings. The van der Waals surface area contributed by atoms with Gasteiger partial charge >= 0.3 is 6.03 Å². The standard InChI is InChI=1S/C17H24F2N4O3/c1-11(25)21-15-9-16(14(19)8-13(15)18)22-17(26)20-10-12-2-4-23(5-3-12)6-7-24/h8-9,12,24H,2-7,10H2,1H3,(H,21,25)(H2,20,22,26). The van der Waals surface area contributed by atoms with Crippen molar-refractivity contribution < 1.29 is 23.5 Å². The number of benzene rings is 1. The number of aliphatic hydroxyl groups is 1. The number of hydrogen-bond donors (Lipinski definition) is 4. The molecule has 0 unspecified atom stereocenters. The third-order valence-corrected chi connectivity index (χ3v) is 4.29. The van der Waals surface area contributed by atoms with Gasteiger partial charge in [0.15, 0.2) is 0 Å². The Kier molecular flexibility index (Phi) is 7.28. The normalized spacial score (nSPS) is 15.5. The number of aliphatic hydroxyl groups excluding tert-OH is 1. The first-order valence-corrected chi connectivity index (χ1v) is 8.53. The van der Waals surface area contributed by atoms with Crippen LogP contribution in [0.3, 0.4) is 0 Å². The molecule has 0 saturated carbocycles. The lowest BCUT2D eigenvalue weighted by Gasteiger charge is -2.31. The summed E-state index contributed by atoms with van der Waals surface area (Å²) in [7, 11) is 0. The zero-order valence-corrected chi connectivity index (χ0v) is 14.6. The lowest BCUT2D eigenvalue weighted by atomic mass is 9.97. The van der Waals surface area contributed by atoms with Gasteiger partial charge < -0.3 is 26.0 Å². The highest BCUT2D eigenvalue weighted by Gasteiger charge is 2.19. The summed E-state index contributed by atoms with van der Waals surface area (Å²) < 4.78 is 27.4. The fourth-order valence-corrected chi connectivity index (χ4v) is 2.89. The second kappa shape index (κ2) is 9.44. The quantitative estimate of drug-likeness (QED) is 0.614. The average Bonchev–Trinajstić information content (AvgIpc) is 2.58. The summed E-state index contributed by atoms with van der Waals surface area (Å²) in [5.41, 5.74) is -0.420. The monoisotopic (exact) mass is 370 g/mol. The number of β-amino-alcohol motifs (C(OH)–C–C–N with tert-alkyl or cyclic N) is 1. The predicted octanol–water partition coefficient (Wildman–Crippen LogP) is 1.75. The summed E-state index contributed by atoms with van der Waals surface area (Å²) in [6.07, 6.45) is 1.80. The van der Waals surface area contributed by atoms with E-state index in [2.05, 4.69) is 20.9 Å². The Hall–Kier alpha value is -2.26. The van der Waals surface area contributed by atoms with Crippen LogP contribution in [0.25, 0.3) is 0 Å². The second-order valence-corrected chi connectivity index (χ2v) is 6.34. The van der Waals surface area contributed by atoms with Gasteiger partial charge in [-0.3, -0.25) is 4.79 Å². The highest BCUT2D eigenvalue weighted by Crippen LogP contribution is 2.23. The van der Waals surface area contributed by atoms with Gasteiger partial charge in [0.2, 0.25) is 5.91 Å². The number of nitrogens with zero attached hydrogens (tertiary/aromatic N) is 1. The molecule has 1 saturated heterocycles. The van der Waals surface area contributed by atoms with Gasteiger partial charge in [0, 0.05) is 26.1 Å². The van der Waals surface area contributed by atoms with Crippen LogP contribution in [0.2, 0.25) is 0 Å². The van der Waals surface area contributed by atoms with Crippen LogP contribution in [0, 0.1) is 17.6 Å². The van der Waals surface area contributed by atoms with E-state index < -0.39 is 23.6 Å². The minimum absolute atomic E-state index is 0.134. The van der Waals surface area contributed by atoms with Gasteiger partial charge in [0.25, 0.3) is 0 Å². The number of nitrogens with one attached hydrogen (secondary N) is 3. The van der Waals surface area contributed by atoms with Crippen LogP contribution in [0.1, 0.15) is 19.8 Å². The van der Waals surface area contributed by atoms with Crippen LogP contribution in [0.4, 0.5) is 25.0 Å². The van der Waals surface area contributed by atoms with E-state index in [1.165, 1.54) is 6.92 Å². The third-order valence-electron chi connectivity index (χ3n) is 4.29. The van der Waals surface area contributed by atoms with E-state index in [1.807, 2.05) is 0 Å². The zero-order chi connectivity index (χ0) is 19.1. The Bertz CT molecular complexity index is 649. The molecule has 144 valence electrons. The number of hydrogen-bond acceptors (Lipinski definition) is 4. The molecule has 1 heterocycles. The molecule has 0 spiro atoms. The van der Waals surface area contributed by atoms with Gasteiger partial charge in [-0.1, -0.05) is 0 Å². The van der Waals surface area contributed by atoms with Gasteiger partial charge in [-0.2, -0.15) is 0 Å². The molecule has 0 bridgehead atoms. The summed E-state index contributed by atoms with van der Waals surface area (Å²) in [6.45, 7) is 4.16. The van der Waals surface area contributed by atoms with Crippen LogP contribution in [0.5, 0.6) is 0 Å². The van der Waals surface area contributed by atoms with Crippen LogP contribution in [-0.4, -0.2) is 54.7 Å². The number of carbonyl (C=O) groups is 2. The molecule has 0 radical (unpaired) electrons. The molecule has 1 aromatic rings. The summed E-state index contributed by atoms with van der Waals surface area (Å²) in [5, 5.41) is 16.2. The maximum Gasteiger partial charge on any atom is 0.319 e. The van der Waals surface area contributed by atoms with Crippen molar-refractivity contribution in [2.45, 2.75) is 19.8 Å². The lowest BCUT2D eigenvalue weighted by molar-refractivity contribution is -0.114. The van der Waals surface area contributed by atoms with Gasteiger partial charge in [0.1, 0.15) is 11.6 Å². The van der Waals surface area contributed by atoms with Crippen molar-refractivity contribution in [3.05, 3.63) is 23.8 Å². The zero-order valence-electron chi connectivity index (χ0n) is 14.6. The number of urea groups is 1. The van der Waals surface area contributed by atoms with E-state index in [9.17, 15) is 18.4 Å². The molecule has 1 aliphatic heterocycles. The number of anilines is 2. The molecule has 2 rings (SSSR count). The van der Waals surface area contributed by atoms with Gasteiger partial charge in [-0.25, -0.2) is 13.6 Å². The third kappa shape index (κ3) is 5.92. The summed E-state index contributed by atoms with van der Waals surface area (Å²) >= 11 is 0. The molecule has 9 heteroatoms. The highest BCUT2D eigenvalue weighted by atomic mass is 19.1. The number of piperidine rings is 1. The molecule has 1 aromatic carbocycles. The Morgan fingerprint density at radius 3 is 2.35 bits per heavy atom. The van der Waals surface area contributed by atoms with Crippen LogP contribution in [-0.2, 0) is 4.79 Å². The van der Waals surface area contributed by atoms with Crippen molar-refractivity contribution in [1.82, 2.24) is 10.2 Å². The average molecular weight is 370 g/mol. The van der Waals surface area contributed by atoms with Crippen LogP contribution in [0.15, 0.2) is 12.1 Å². The van der Waals surface area contributed by atoms with Gasteiger partial charge in [-0.15, -0.1) is 0 Å². The summed E-state index contributed by atoms with van der Waals surface area (Å²) in [6, 6.07) is 1.05. The predicted molar refractivity (Wildman–Crippen MR) is 93.9 cm³/mol. The Morgan fingerprint density at radius 2 is 1.77 bits per heavy atom. The minimum Gasteiger partial charge on any atom is -0.395 e. The van der Waals surface area contributed by atoms with Crippen LogP contribution >= 0.6 is 0 Å². The first-order chi connectivity index (χ1) is 12.4. The van der Waals surface area contributed by atoms with Crippen LogP contribution < -0.4 is 16.0 Å². The van der Waals surface area contributed by atoms with E-state index in [-0.39, 0.29) is 18.0 Å². The topological polar surface area (TPSA) is 93.7 Å². The smallest absolute Gasteiger partial charge is 0.319 e. The molecular formula is C17H24F2N4O3. The maximum atomic E-state index is 13.8. The first-order valence-electron chi connectivity index (χ1n) is 8.53. The summed E-state index contributed by atoms with van der Waals surface area (Å²) in [4.78, 5) is 25.2. The number of rotatable bonds is 6. The SMILES string of the molecule is CC(=O)Nc1cc(NC(=O)NCC2CCN(CCO)CC2)c(F)cc1F. The molecule has 7 nitrogen and oxygen atoms in total. The summed E-state index contributed by atoms with van der Waals surface area (Å²) in [5.74, 6) is -2.04. The molecular weight excluding hydrogens is 346 g/mol. The fraction of sp³-hybridized carbons (Fsp3) is 0.529. The Balaban J connectivity index is 1.85. The van der Waals surface area contributed by atoms with E-state index in [1.54, 1.807) is 0 Å². The maximum absolute atomic E-state index is 13.8. The van der Waals surface area contributed by atoms with Gasteiger partial charge in [-0.05, 0) is 37.9 Å². The second-order valence-electron chi connectivity index (χ2n) is 6.34. The van der Waals surface area contributed by atoms with Crippen molar-refractivity contribution in [1.29, 1.82) is 0 Å². The van der Waals surface area contributed by atoms with E-state index in [4.69, 9.17) is 5.11 Å². The molecule has 3 amide bonds. The van der Waals surface area contributed by atoms with E-state index in [0.717, 1.165) is 32.0 Å². The lowest BCUT2D eigenvalue weighted by Crippen LogP contribution is -2.40. The molecule has 0 atom stereocenters. The van der Waals surface area contributed by atoms with Crippen molar-refractivity contribution >= 4 is 23.3 Å². The molecule has 0 aliphatic carbocycles. The fourth-order valence-electron chi connectivity index (χ4n) is 2.89. The van der Waals surface area contributed by atoms with Crippen molar-refractivity contribution in [3.8, 4) is 0 Å². The number of likely N-dealkylation sites (tertiary alicyclic amines) is 1. The number of carbonyl (C=O) groups excluding carboxylic acids is 2. The van der Waals surface area contributed by atoms with Crippen molar-refractivity contribution in [2.75, 3.05) is 43.4 Å². The van der Waals surface area contributed by atoms with Gasteiger partial charge in [0.05, 0.1) is 18.0 Å². The number of halogens is 2. The molecule has 1 fully saturated rings. The molecule has 0 aromatic heterocycles. The molecule has 26 heavy (non-hydrogen) atoms. The number of amides is 3. The van der Waals surface area contributed by atoms with E-state index in [0.29, 0.717) is 25.1 Å². The highest BCUT2D eigenvalue weighted by molar-refractivity contribution is 5.92. The first kappa shape index (κ1) is 20.1. The Labute approximate surface area is 150 Å². The van der Waals surface area contributed by atoms with Crippen molar-refractivity contribution in [2.24, 2.45) is 5.92 Å². The largest absolute Gasteiger partial charge is 0.395 e. The van der Waals surface area contributed by atoms with E-state index >= 15 is 0 Å². The molecule has 4 N–H and O–H groups in total.